The third-order valence-corrected chi connectivity index (χ3v) is 2.62. The molecule has 2 aromatic rings. The van der Waals surface area contributed by atoms with Gasteiger partial charge in [-0.25, -0.2) is 0 Å². The smallest absolute Gasteiger partial charge is 0.309 e. The zero-order chi connectivity index (χ0) is 13.7. The number of pyridine rings is 1. The topological polar surface area (TPSA) is 24.9 Å². The first kappa shape index (κ1) is 13.5. The molecular formula is C14H13F3N2. The molecule has 0 aliphatic carbocycles. The highest BCUT2D eigenvalue weighted by Gasteiger charge is 2.31. The Bertz CT molecular complexity index is 506. The highest BCUT2D eigenvalue weighted by molar-refractivity contribution is 5.17. The second kappa shape index (κ2) is 5.84. The zero-order valence-electron chi connectivity index (χ0n) is 10.1. The Morgan fingerprint density at radius 2 is 1.58 bits per heavy atom. The molecule has 1 heterocycles. The van der Waals surface area contributed by atoms with Crippen molar-refractivity contribution in [1.82, 2.24) is 10.3 Å². The lowest BCUT2D eigenvalue weighted by Gasteiger charge is -2.07. The molecule has 1 N–H and O–H groups in total. The van der Waals surface area contributed by atoms with E-state index in [4.69, 9.17) is 0 Å². The fourth-order valence-corrected chi connectivity index (χ4v) is 1.64. The minimum Gasteiger partial charge on any atom is -0.309 e. The van der Waals surface area contributed by atoms with E-state index < -0.39 is 11.9 Å². The summed E-state index contributed by atoms with van der Waals surface area (Å²) in [6.07, 6.45) is -3.13. The number of rotatable bonds is 4. The number of aromatic nitrogens is 1. The molecule has 0 saturated carbocycles. The maximum atomic E-state index is 12.3. The summed E-state index contributed by atoms with van der Waals surface area (Å²) in [7, 11) is 0. The molecule has 1 aromatic heterocycles. The average Bonchev–Trinajstić information content (AvgIpc) is 2.39. The molecule has 0 atom stereocenters. The standard InChI is InChI=1S/C14H13F3N2/c15-14(16,17)13-7-6-12(10-19-13)9-18-8-11-4-2-1-3-5-11/h1-7,10,18H,8-9H2. The van der Waals surface area contributed by atoms with Crippen LogP contribution in [-0.2, 0) is 19.3 Å². The van der Waals surface area contributed by atoms with Crippen molar-refractivity contribution in [1.29, 1.82) is 0 Å². The summed E-state index contributed by atoms with van der Waals surface area (Å²) in [5.74, 6) is 0. The molecule has 0 radical (unpaired) electrons. The molecule has 0 amide bonds. The Kier molecular flexibility index (Phi) is 4.16. The van der Waals surface area contributed by atoms with E-state index in [0.717, 1.165) is 17.2 Å². The molecule has 0 bridgehead atoms. The largest absolute Gasteiger partial charge is 0.433 e. The normalized spacial score (nSPS) is 11.5. The first-order valence-electron chi connectivity index (χ1n) is 5.82. The number of hydrogen-bond acceptors (Lipinski definition) is 2. The van der Waals surface area contributed by atoms with Gasteiger partial charge in [0.15, 0.2) is 0 Å². The first-order valence-corrected chi connectivity index (χ1v) is 5.82. The van der Waals surface area contributed by atoms with Gasteiger partial charge in [0.05, 0.1) is 0 Å². The second-order valence-corrected chi connectivity index (χ2v) is 4.14. The van der Waals surface area contributed by atoms with Crippen molar-refractivity contribution in [3.05, 3.63) is 65.5 Å². The molecule has 0 fully saturated rings. The Morgan fingerprint density at radius 1 is 0.895 bits per heavy atom. The maximum Gasteiger partial charge on any atom is 0.433 e. The van der Waals surface area contributed by atoms with Gasteiger partial charge in [-0.2, -0.15) is 13.2 Å². The summed E-state index contributed by atoms with van der Waals surface area (Å²) in [6, 6.07) is 12.2. The molecule has 0 aliphatic rings. The monoisotopic (exact) mass is 266 g/mol. The molecular weight excluding hydrogens is 253 g/mol. The molecule has 5 heteroatoms. The van der Waals surface area contributed by atoms with Crippen molar-refractivity contribution in [3.63, 3.8) is 0 Å². The average molecular weight is 266 g/mol. The molecule has 100 valence electrons. The van der Waals surface area contributed by atoms with Crippen molar-refractivity contribution in [2.75, 3.05) is 0 Å². The van der Waals surface area contributed by atoms with Gasteiger partial charge < -0.3 is 5.32 Å². The fraction of sp³-hybridized carbons (Fsp3) is 0.214. The van der Waals surface area contributed by atoms with Crippen LogP contribution in [0.1, 0.15) is 16.8 Å². The number of hydrogen-bond donors (Lipinski definition) is 1. The van der Waals surface area contributed by atoms with E-state index in [9.17, 15) is 13.2 Å². The van der Waals surface area contributed by atoms with E-state index in [1.807, 2.05) is 30.3 Å². The van der Waals surface area contributed by atoms with Crippen LogP contribution in [0.2, 0.25) is 0 Å². The van der Waals surface area contributed by atoms with Gasteiger partial charge in [0, 0.05) is 19.3 Å². The van der Waals surface area contributed by atoms with Gasteiger partial charge in [-0.15, -0.1) is 0 Å². The van der Waals surface area contributed by atoms with Gasteiger partial charge in [0.25, 0.3) is 0 Å². The molecule has 2 nitrogen and oxygen atoms in total. The van der Waals surface area contributed by atoms with E-state index in [1.54, 1.807) is 0 Å². The van der Waals surface area contributed by atoms with Gasteiger partial charge in [0.2, 0.25) is 0 Å². The van der Waals surface area contributed by atoms with Crippen LogP contribution >= 0.6 is 0 Å². The molecule has 0 unspecified atom stereocenters. The molecule has 0 spiro atoms. The maximum absolute atomic E-state index is 12.3. The van der Waals surface area contributed by atoms with Crippen molar-refractivity contribution in [3.8, 4) is 0 Å². The van der Waals surface area contributed by atoms with Crippen molar-refractivity contribution in [2.24, 2.45) is 0 Å². The van der Waals surface area contributed by atoms with Crippen molar-refractivity contribution in [2.45, 2.75) is 19.3 Å². The minimum atomic E-state index is -4.38. The first-order chi connectivity index (χ1) is 9.05. The van der Waals surface area contributed by atoms with Gasteiger partial charge in [-0.05, 0) is 17.2 Å². The van der Waals surface area contributed by atoms with E-state index in [2.05, 4.69) is 10.3 Å². The van der Waals surface area contributed by atoms with Crippen LogP contribution in [0.4, 0.5) is 13.2 Å². The molecule has 1 aromatic carbocycles. The van der Waals surface area contributed by atoms with E-state index in [-0.39, 0.29) is 0 Å². The highest BCUT2D eigenvalue weighted by atomic mass is 19.4. The third kappa shape index (κ3) is 4.06. The van der Waals surface area contributed by atoms with E-state index >= 15 is 0 Å². The summed E-state index contributed by atoms with van der Waals surface area (Å²) < 4.78 is 36.9. The Morgan fingerprint density at radius 3 is 2.16 bits per heavy atom. The zero-order valence-corrected chi connectivity index (χ0v) is 10.1. The minimum absolute atomic E-state index is 0.486. The van der Waals surface area contributed by atoms with Crippen LogP contribution in [-0.4, -0.2) is 4.98 Å². The van der Waals surface area contributed by atoms with Crippen molar-refractivity contribution >= 4 is 0 Å². The van der Waals surface area contributed by atoms with Crippen LogP contribution in [0.3, 0.4) is 0 Å². The van der Waals surface area contributed by atoms with Crippen LogP contribution in [0.25, 0.3) is 0 Å². The summed E-state index contributed by atoms with van der Waals surface area (Å²) in [6.45, 7) is 1.15. The lowest BCUT2D eigenvalue weighted by molar-refractivity contribution is -0.141. The summed E-state index contributed by atoms with van der Waals surface area (Å²) in [5.41, 5.74) is 0.991. The van der Waals surface area contributed by atoms with Gasteiger partial charge >= 0.3 is 6.18 Å². The summed E-state index contributed by atoms with van der Waals surface area (Å²) in [4.78, 5) is 3.41. The number of benzene rings is 1. The van der Waals surface area contributed by atoms with Crippen LogP contribution in [0.5, 0.6) is 0 Å². The lowest BCUT2D eigenvalue weighted by atomic mass is 10.2. The van der Waals surface area contributed by atoms with E-state index in [1.165, 1.54) is 12.3 Å². The lowest BCUT2D eigenvalue weighted by Crippen LogP contribution is -2.14. The summed E-state index contributed by atoms with van der Waals surface area (Å²) >= 11 is 0. The predicted octanol–water partition coefficient (Wildman–Crippen LogP) is 3.39. The Labute approximate surface area is 109 Å². The third-order valence-electron chi connectivity index (χ3n) is 2.62. The molecule has 2 rings (SSSR count). The predicted molar refractivity (Wildman–Crippen MR) is 66.2 cm³/mol. The number of halogens is 3. The molecule has 0 aliphatic heterocycles. The second-order valence-electron chi connectivity index (χ2n) is 4.14. The fourth-order valence-electron chi connectivity index (χ4n) is 1.64. The number of alkyl halides is 3. The van der Waals surface area contributed by atoms with Crippen LogP contribution < -0.4 is 5.32 Å². The Balaban J connectivity index is 1.87. The number of nitrogens with one attached hydrogen (secondary N) is 1. The number of nitrogens with zero attached hydrogens (tertiary/aromatic N) is 1. The quantitative estimate of drug-likeness (QED) is 0.917. The van der Waals surface area contributed by atoms with Crippen molar-refractivity contribution < 1.29 is 13.2 Å². The van der Waals surface area contributed by atoms with Gasteiger partial charge in [-0.3, -0.25) is 4.98 Å². The van der Waals surface area contributed by atoms with Gasteiger partial charge in [0.1, 0.15) is 5.69 Å². The van der Waals surface area contributed by atoms with Gasteiger partial charge in [-0.1, -0.05) is 36.4 Å². The van der Waals surface area contributed by atoms with E-state index in [0.29, 0.717) is 13.1 Å². The molecule has 0 saturated heterocycles. The SMILES string of the molecule is FC(F)(F)c1ccc(CNCc2ccccc2)cn1. The molecule has 19 heavy (non-hydrogen) atoms. The Hall–Kier alpha value is -1.88. The summed E-state index contributed by atoms with van der Waals surface area (Å²) in [5, 5.41) is 3.15. The highest BCUT2D eigenvalue weighted by Crippen LogP contribution is 2.27. The van der Waals surface area contributed by atoms with Crippen LogP contribution in [0.15, 0.2) is 48.7 Å². The van der Waals surface area contributed by atoms with Crippen LogP contribution in [0, 0.1) is 0 Å².